The summed E-state index contributed by atoms with van der Waals surface area (Å²) in [6, 6.07) is 4.54. The summed E-state index contributed by atoms with van der Waals surface area (Å²) in [5.74, 6) is 0.332. The van der Waals surface area contributed by atoms with Gasteiger partial charge >= 0.3 is 0 Å². The van der Waals surface area contributed by atoms with Crippen LogP contribution in [0, 0.1) is 10.1 Å². The molecule has 148 valence electrons. The second-order valence-electron chi connectivity index (χ2n) is 6.48. The second-order valence-corrected chi connectivity index (χ2v) is 6.48. The van der Waals surface area contributed by atoms with E-state index in [0.717, 1.165) is 12.8 Å². The van der Waals surface area contributed by atoms with Crippen molar-refractivity contribution in [3.8, 4) is 0 Å². The number of unbranched alkanes of at least 4 members (excludes halogenated alkanes) is 9. The lowest BCUT2D eigenvalue weighted by Crippen LogP contribution is -2.14. The van der Waals surface area contributed by atoms with Crippen molar-refractivity contribution in [1.82, 2.24) is 0 Å². The molecule has 0 heterocycles. The Hall–Kier alpha value is -1.82. The Balaban J connectivity index is 0.00000625. The van der Waals surface area contributed by atoms with Crippen LogP contribution in [-0.4, -0.2) is 17.3 Å². The molecule has 1 aromatic carbocycles. The Labute approximate surface area is 163 Å². The molecule has 0 aliphatic carbocycles. The van der Waals surface area contributed by atoms with Gasteiger partial charge in [0.05, 0.1) is 4.92 Å². The number of rotatable bonds is 13. The van der Waals surface area contributed by atoms with Gasteiger partial charge in [0.1, 0.15) is 11.5 Å². The van der Waals surface area contributed by atoms with Crippen LogP contribution in [0.5, 0.6) is 0 Å². The fourth-order valence-corrected chi connectivity index (χ4v) is 2.75. The highest BCUT2D eigenvalue weighted by Crippen LogP contribution is 2.22. The van der Waals surface area contributed by atoms with Crippen molar-refractivity contribution in [2.45, 2.75) is 71.1 Å². The fourth-order valence-electron chi connectivity index (χ4n) is 2.75. The standard InChI is InChI=1S/C19H32N4O2.ClH/c1-2-3-4-5-6-7-8-9-10-11-14-22-19(21)16-12-13-17(20)18(15-16)23(24)25;/h12-13,15H,2-11,14,20H2,1H3,(H2,21,22);1H. The SMILES string of the molecule is CCCCCCCCCCCCN=C(N)c1ccc(N)c([N+](=O)[O-])c1.Cl. The van der Waals surface area contributed by atoms with E-state index >= 15 is 0 Å². The minimum atomic E-state index is -0.506. The zero-order chi connectivity index (χ0) is 18.5. The van der Waals surface area contributed by atoms with Gasteiger partial charge in [-0.15, -0.1) is 12.4 Å². The molecule has 0 aromatic heterocycles. The Morgan fingerprint density at radius 1 is 1.04 bits per heavy atom. The van der Waals surface area contributed by atoms with Gasteiger partial charge in [0, 0.05) is 18.2 Å². The number of nitro groups is 1. The number of aliphatic imine (C=N–C) groups is 1. The Bertz CT molecular complexity index is 564. The maximum absolute atomic E-state index is 10.9. The van der Waals surface area contributed by atoms with E-state index in [0.29, 0.717) is 17.9 Å². The van der Waals surface area contributed by atoms with Crippen molar-refractivity contribution in [2.24, 2.45) is 10.7 Å². The minimum Gasteiger partial charge on any atom is -0.393 e. The number of amidine groups is 1. The second kappa shape index (κ2) is 14.4. The molecule has 0 aliphatic heterocycles. The van der Waals surface area contributed by atoms with Gasteiger partial charge in [-0.05, 0) is 18.6 Å². The summed E-state index contributed by atoms with van der Waals surface area (Å²) in [5, 5.41) is 10.9. The van der Waals surface area contributed by atoms with Crippen LogP contribution >= 0.6 is 12.4 Å². The average molecular weight is 385 g/mol. The predicted octanol–water partition coefficient (Wildman–Crippen LogP) is 5.23. The van der Waals surface area contributed by atoms with Gasteiger partial charge in [0.15, 0.2) is 0 Å². The first-order chi connectivity index (χ1) is 12.1. The van der Waals surface area contributed by atoms with Crippen molar-refractivity contribution in [2.75, 3.05) is 12.3 Å². The van der Waals surface area contributed by atoms with Crippen LogP contribution in [0.1, 0.15) is 76.7 Å². The molecule has 1 rings (SSSR count). The van der Waals surface area contributed by atoms with Crippen LogP contribution in [0.2, 0.25) is 0 Å². The number of halogens is 1. The summed E-state index contributed by atoms with van der Waals surface area (Å²) in [6.45, 7) is 2.89. The van der Waals surface area contributed by atoms with Gasteiger partial charge in [0.25, 0.3) is 5.69 Å². The van der Waals surface area contributed by atoms with Crippen LogP contribution < -0.4 is 11.5 Å². The number of nitrogen functional groups attached to an aromatic ring is 1. The van der Waals surface area contributed by atoms with E-state index in [2.05, 4.69) is 11.9 Å². The van der Waals surface area contributed by atoms with Crippen molar-refractivity contribution < 1.29 is 4.92 Å². The lowest BCUT2D eigenvalue weighted by molar-refractivity contribution is -0.383. The first-order valence-corrected chi connectivity index (χ1v) is 9.40. The molecular weight excluding hydrogens is 352 g/mol. The summed E-state index contributed by atoms with van der Waals surface area (Å²) < 4.78 is 0. The molecule has 1 aromatic rings. The number of hydrogen-bond donors (Lipinski definition) is 2. The third-order valence-corrected chi connectivity index (χ3v) is 4.32. The molecule has 0 spiro atoms. The van der Waals surface area contributed by atoms with Gasteiger partial charge < -0.3 is 11.5 Å². The monoisotopic (exact) mass is 384 g/mol. The van der Waals surface area contributed by atoms with Crippen molar-refractivity contribution >= 4 is 29.6 Å². The summed E-state index contributed by atoms with van der Waals surface area (Å²) in [5.41, 5.74) is 12.1. The highest BCUT2D eigenvalue weighted by molar-refractivity contribution is 5.98. The van der Waals surface area contributed by atoms with Gasteiger partial charge in [0.2, 0.25) is 0 Å². The number of benzene rings is 1. The summed E-state index contributed by atoms with van der Waals surface area (Å²) >= 11 is 0. The fraction of sp³-hybridized carbons (Fsp3) is 0.632. The normalized spacial score (nSPS) is 11.2. The Morgan fingerprint density at radius 2 is 1.58 bits per heavy atom. The molecular formula is C19H33ClN4O2. The highest BCUT2D eigenvalue weighted by atomic mass is 35.5. The van der Waals surface area contributed by atoms with Gasteiger partial charge in [-0.1, -0.05) is 64.7 Å². The number of nitro benzene ring substituents is 1. The van der Waals surface area contributed by atoms with E-state index in [1.54, 1.807) is 6.07 Å². The van der Waals surface area contributed by atoms with Gasteiger partial charge in [-0.25, -0.2) is 0 Å². The number of anilines is 1. The Morgan fingerprint density at radius 3 is 2.12 bits per heavy atom. The van der Waals surface area contributed by atoms with Crippen molar-refractivity contribution in [1.29, 1.82) is 0 Å². The van der Waals surface area contributed by atoms with E-state index in [4.69, 9.17) is 11.5 Å². The number of nitrogens with two attached hydrogens (primary N) is 2. The molecule has 0 unspecified atom stereocenters. The van der Waals surface area contributed by atoms with E-state index in [9.17, 15) is 10.1 Å². The molecule has 0 atom stereocenters. The van der Waals surface area contributed by atoms with Crippen LogP contribution in [0.4, 0.5) is 11.4 Å². The molecule has 0 bridgehead atoms. The average Bonchev–Trinajstić information content (AvgIpc) is 2.59. The Kier molecular flexibility index (Phi) is 13.4. The first kappa shape index (κ1) is 24.2. The third-order valence-electron chi connectivity index (χ3n) is 4.32. The zero-order valence-corrected chi connectivity index (χ0v) is 16.6. The molecule has 0 fully saturated rings. The van der Waals surface area contributed by atoms with E-state index in [-0.39, 0.29) is 23.8 Å². The molecule has 0 aliphatic rings. The molecule has 7 heteroatoms. The van der Waals surface area contributed by atoms with Crippen molar-refractivity contribution in [3.05, 3.63) is 33.9 Å². The largest absolute Gasteiger partial charge is 0.393 e. The summed E-state index contributed by atoms with van der Waals surface area (Å²) in [4.78, 5) is 14.7. The van der Waals surface area contributed by atoms with Crippen LogP contribution in [0.3, 0.4) is 0 Å². The lowest BCUT2D eigenvalue weighted by atomic mass is 10.1. The topological polar surface area (TPSA) is 108 Å². The molecule has 4 N–H and O–H groups in total. The van der Waals surface area contributed by atoms with Gasteiger partial charge in [-0.2, -0.15) is 0 Å². The molecule has 26 heavy (non-hydrogen) atoms. The summed E-state index contributed by atoms with van der Waals surface area (Å²) in [6.07, 6.45) is 12.7. The zero-order valence-electron chi connectivity index (χ0n) is 15.8. The van der Waals surface area contributed by atoms with Gasteiger partial charge in [-0.3, -0.25) is 15.1 Å². The highest BCUT2D eigenvalue weighted by Gasteiger charge is 2.13. The van der Waals surface area contributed by atoms with Crippen LogP contribution in [0.25, 0.3) is 0 Å². The minimum absolute atomic E-state index is 0. The van der Waals surface area contributed by atoms with Crippen LogP contribution in [0.15, 0.2) is 23.2 Å². The molecule has 0 amide bonds. The van der Waals surface area contributed by atoms with E-state index in [1.165, 1.54) is 63.5 Å². The number of hydrogen-bond acceptors (Lipinski definition) is 4. The maximum atomic E-state index is 10.9. The smallest absolute Gasteiger partial charge is 0.292 e. The maximum Gasteiger partial charge on any atom is 0.292 e. The first-order valence-electron chi connectivity index (χ1n) is 9.40. The predicted molar refractivity (Wildman–Crippen MR) is 112 cm³/mol. The quantitative estimate of drug-likeness (QED) is 0.121. The van der Waals surface area contributed by atoms with E-state index < -0.39 is 4.92 Å². The molecule has 0 radical (unpaired) electrons. The summed E-state index contributed by atoms with van der Waals surface area (Å²) in [7, 11) is 0. The molecule has 6 nitrogen and oxygen atoms in total. The third kappa shape index (κ3) is 9.61. The van der Waals surface area contributed by atoms with E-state index in [1.807, 2.05) is 0 Å². The van der Waals surface area contributed by atoms with Crippen molar-refractivity contribution in [3.63, 3.8) is 0 Å². The van der Waals surface area contributed by atoms with Crippen LogP contribution in [-0.2, 0) is 0 Å². The number of nitrogens with zero attached hydrogens (tertiary/aromatic N) is 2. The molecule has 0 saturated carbocycles. The molecule has 0 saturated heterocycles. The lowest BCUT2D eigenvalue weighted by Gasteiger charge is -2.04.